The average Bonchev–Trinajstić information content (AvgIpc) is 2.72. The van der Waals surface area contributed by atoms with E-state index in [9.17, 15) is 9.59 Å². The number of amides is 1. The van der Waals surface area contributed by atoms with Crippen molar-refractivity contribution < 1.29 is 14.7 Å². The zero-order valence-electron chi connectivity index (χ0n) is 12.4. The summed E-state index contributed by atoms with van der Waals surface area (Å²) in [5.41, 5.74) is -0.284. The van der Waals surface area contributed by atoms with Crippen LogP contribution < -0.4 is 0 Å². The molecule has 1 fully saturated rings. The zero-order valence-corrected chi connectivity index (χ0v) is 12.4. The molecular formula is C15H27NO3. The van der Waals surface area contributed by atoms with E-state index < -0.39 is 5.97 Å². The fraction of sp³-hybridized carbons (Fsp3) is 0.867. The topological polar surface area (TPSA) is 57.6 Å². The fourth-order valence-corrected chi connectivity index (χ4v) is 3.14. The van der Waals surface area contributed by atoms with Gasteiger partial charge in [-0.25, -0.2) is 0 Å². The van der Waals surface area contributed by atoms with E-state index in [1.165, 1.54) is 0 Å². The van der Waals surface area contributed by atoms with Crippen LogP contribution >= 0.6 is 0 Å². The van der Waals surface area contributed by atoms with Gasteiger partial charge in [0.05, 0.1) is 6.42 Å². The molecule has 0 radical (unpaired) electrons. The summed E-state index contributed by atoms with van der Waals surface area (Å²) in [5, 5.41) is 9.07. The van der Waals surface area contributed by atoms with E-state index in [0.717, 1.165) is 32.2 Å². The Balaban J connectivity index is 2.67. The maximum Gasteiger partial charge on any atom is 0.303 e. The minimum absolute atomic E-state index is 0.124. The van der Waals surface area contributed by atoms with Crippen LogP contribution in [0.2, 0.25) is 0 Å². The summed E-state index contributed by atoms with van der Waals surface area (Å²) in [5.74, 6) is -0.205. The first-order chi connectivity index (χ1) is 8.88. The van der Waals surface area contributed by atoms with Gasteiger partial charge in [0, 0.05) is 19.5 Å². The number of hydrogen-bond acceptors (Lipinski definition) is 2. The Morgan fingerprint density at radius 1 is 1.21 bits per heavy atom. The highest BCUT2D eigenvalue weighted by Gasteiger charge is 2.38. The lowest BCUT2D eigenvalue weighted by molar-refractivity contribution is -0.141. The molecule has 1 N–H and O–H groups in total. The van der Waals surface area contributed by atoms with Gasteiger partial charge in [0.2, 0.25) is 5.91 Å². The highest BCUT2D eigenvalue weighted by Crippen LogP contribution is 2.44. The van der Waals surface area contributed by atoms with Gasteiger partial charge >= 0.3 is 5.97 Å². The first-order valence-corrected chi connectivity index (χ1v) is 7.38. The number of carbonyl (C=O) groups excluding carboxylic acids is 1. The summed E-state index contributed by atoms with van der Waals surface area (Å²) < 4.78 is 0. The third kappa shape index (κ3) is 4.84. The maximum absolute atomic E-state index is 12.4. The quantitative estimate of drug-likeness (QED) is 0.773. The molecule has 1 saturated carbocycles. The van der Waals surface area contributed by atoms with Crippen molar-refractivity contribution in [3.8, 4) is 0 Å². The van der Waals surface area contributed by atoms with Crippen molar-refractivity contribution in [2.75, 3.05) is 13.1 Å². The lowest BCUT2D eigenvalue weighted by Gasteiger charge is -2.31. The Bertz CT molecular complexity index is 319. The van der Waals surface area contributed by atoms with E-state index in [1.54, 1.807) is 0 Å². The molecule has 0 heterocycles. The van der Waals surface area contributed by atoms with Gasteiger partial charge in [-0.3, -0.25) is 9.59 Å². The van der Waals surface area contributed by atoms with E-state index in [-0.39, 0.29) is 17.7 Å². The molecule has 0 atom stereocenters. The fourth-order valence-electron chi connectivity index (χ4n) is 3.14. The van der Waals surface area contributed by atoms with Crippen molar-refractivity contribution in [1.29, 1.82) is 0 Å². The number of nitrogens with zero attached hydrogens (tertiary/aromatic N) is 1. The Kier molecular flexibility index (Phi) is 5.83. The van der Waals surface area contributed by atoms with E-state index >= 15 is 0 Å². The predicted octanol–water partition coefficient (Wildman–Crippen LogP) is 2.92. The van der Waals surface area contributed by atoms with Gasteiger partial charge in [0.1, 0.15) is 0 Å². The van der Waals surface area contributed by atoms with Crippen LogP contribution in [0.3, 0.4) is 0 Å². The number of rotatable bonds is 7. The van der Waals surface area contributed by atoms with Gasteiger partial charge in [0.25, 0.3) is 0 Å². The monoisotopic (exact) mass is 269 g/mol. The Labute approximate surface area is 116 Å². The second kappa shape index (κ2) is 6.92. The van der Waals surface area contributed by atoms with Crippen LogP contribution in [0.25, 0.3) is 0 Å². The highest BCUT2D eigenvalue weighted by atomic mass is 16.4. The summed E-state index contributed by atoms with van der Waals surface area (Å²) in [4.78, 5) is 25.3. The molecule has 0 aromatic rings. The smallest absolute Gasteiger partial charge is 0.303 e. The van der Waals surface area contributed by atoms with Crippen molar-refractivity contribution >= 4 is 11.9 Å². The Morgan fingerprint density at radius 3 is 2.21 bits per heavy atom. The predicted molar refractivity (Wildman–Crippen MR) is 74.9 cm³/mol. The summed E-state index contributed by atoms with van der Waals surface area (Å²) in [6, 6.07) is 0. The molecular weight excluding hydrogens is 242 g/mol. The van der Waals surface area contributed by atoms with Crippen LogP contribution in [0.1, 0.15) is 59.3 Å². The van der Waals surface area contributed by atoms with Crippen molar-refractivity contribution in [3.05, 3.63) is 0 Å². The number of carbonyl (C=O) groups is 2. The molecule has 0 saturated heterocycles. The first kappa shape index (κ1) is 16.0. The summed E-state index contributed by atoms with van der Waals surface area (Å²) in [6.07, 6.45) is 4.40. The lowest BCUT2D eigenvalue weighted by atomic mass is 9.79. The number of carboxylic acids is 1. The molecule has 0 aliphatic heterocycles. The number of aliphatic carboxylic acids is 1. The molecule has 0 spiro atoms. The summed E-state index contributed by atoms with van der Waals surface area (Å²) in [7, 11) is 0. The molecule has 19 heavy (non-hydrogen) atoms. The van der Waals surface area contributed by atoms with E-state index in [2.05, 4.69) is 13.8 Å². The van der Waals surface area contributed by atoms with Crippen molar-refractivity contribution in [3.63, 3.8) is 0 Å². The zero-order chi connectivity index (χ0) is 14.5. The van der Waals surface area contributed by atoms with Crippen LogP contribution in [0, 0.1) is 11.3 Å². The van der Waals surface area contributed by atoms with E-state index in [4.69, 9.17) is 5.11 Å². The van der Waals surface area contributed by atoms with Gasteiger partial charge in [0.15, 0.2) is 0 Å². The standard InChI is InChI=1S/C15H27NO3/c1-4-16(11-12(2)3)13(17)9-15(10-14(18)19)7-5-6-8-15/h12H,4-11H2,1-3H3,(H,18,19). The Hall–Kier alpha value is -1.06. The molecule has 0 bridgehead atoms. The molecule has 1 rings (SSSR count). The maximum atomic E-state index is 12.4. The van der Waals surface area contributed by atoms with Crippen LogP contribution in [-0.2, 0) is 9.59 Å². The van der Waals surface area contributed by atoms with Gasteiger partial charge in [-0.15, -0.1) is 0 Å². The summed E-state index contributed by atoms with van der Waals surface area (Å²) >= 11 is 0. The second-order valence-electron chi connectivity index (χ2n) is 6.28. The van der Waals surface area contributed by atoms with E-state index in [1.807, 2.05) is 11.8 Å². The molecule has 0 unspecified atom stereocenters. The van der Waals surface area contributed by atoms with Gasteiger partial charge in [-0.2, -0.15) is 0 Å². The van der Waals surface area contributed by atoms with E-state index in [0.29, 0.717) is 18.9 Å². The second-order valence-corrected chi connectivity index (χ2v) is 6.28. The number of carboxylic acid groups (broad SMARTS) is 1. The van der Waals surface area contributed by atoms with Crippen LogP contribution in [0.15, 0.2) is 0 Å². The molecule has 4 heteroatoms. The highest BCUT2D eigenvalue weighted by molar-refractivity contribution is 5.78. The van der Waals surface area contributed by atoms with Gasteiger partial charge in [-0.1, -0.05) is 26.7 Å². The van der Waals surface area contributed by atoms with Crippen molar-refractivity contribution in [1.82, 2.24) is 4.90 Å². The lowest BCUT2D eigenvalue weighted by Crippen LogP contribution is -2.38. The SMILES string of the molecule is CCN(CC(C)C)C(=O)CC1(CC(=O)O)CCCC1. The molecule has 0 aromatic heterocycles. The van der Waals surface area contributed by atoms with Gasteiger partial charge in [-0.05, 0) is 31.1 Å². The molecule has 1 aliphatic rings. The van der Waals surface area contributed by atoms with Gasteiger partial charge < -0.3 is 10.0 Å². The van der Waals surface area contributed by atoms with Crippen molar-refractivity contribution in [2.45, 2.75) is 59.3 Å². The normalized spacial score (nSPS) is 17.7. The van der Waals surface area contributed by atoms with Crippen LogP contribution in [0.4, 0.5) is 0 Å². The third-order valence-electron chi connectivity index (χ3n) is 4.04. The van der Waals surface area contributed by atoms with Crippen molar-refractivity contribution in [2.24, 2.45) is 11.3 Å². The minimum Gasteiger partial charge on any atom is -0.481 e. The average molecular weight is 269 g/mol. The third-order valence-corrected chi connectivity index (χ3v) is 4.04. The molecule has 0 aromatic carbocycles. The van der Waals surface area contributed by atoms with Crippen LogP contribution in [0.5, 0.6) is 0 Å². The Morgan fingerprint density at radius 2 is 1.79 bits per heavy atom. The molecule has 110 valence electrons. The minimum atomic E-state index is -0.776. The first-order valence-electron chi connectivity index (χ1n) is 7.38. The number of hydrogen-bond donors (Lipinski definition) is 1. The van der Waals surface area contributed by atoms with Crippen LogP contribution in [-0.4, -0.2) is 35.0 Å². The summed E-state index contributed by atoms with van der Waals surface area (Å²) in [6.45, 7) is 7.65. The largest absolute Gasteiger partial charge is 0.481 e. The molecule has 4 nitrogen and oxygen atoms in total. The molecule has 1 aliphatic carbocycles. The molecule has 1 amide bonds.